The number of rotatable bonds is 6. The highest BCUT2D eigenvalue weighted by atomic mass is 16.5. The number of amides is 1. The summed E-state index contributed by atoms with van der Waals surface area (Å²) in [7, 11) is 3.09. The molecule has 2 aromatic carbocycles. The lowest BCUT2D eigenvalue weighted by Gasteiger charge is -2.22. The molecule has 1 fully saturated rings. The van der Waals surface area contributed by atoms with Crippen LogP contribution in [0.25, 0.3) is 0 Å². The second-order valence-corrected chi connectivity index (χ2v) is 6.76. The van der Waals surface area contributed by atoms with Crippen molar-refractivity contribution in [3.05, 3.63) is 53.6 Å². The molecule has 0 spiro atoms. The zero-order valence-corrected chi connectivity index (χ0v) is 16.5. The fourth-order valence-corrected chi connectivity index (χ4v) is 3.31. The second kappa shape index (κ2) is 9.78. The number of hydrazone groups is 1. The average Bonchev–Trinajstić information content (AvgIpc) is 3.03. The lowest BCUT2D eigenvalue weighted by Crippen LogP contribution is -2.23. The summed E-state index contributed by atoms with van der Waals surface area (Å²) in [5, 5.41) is 4.06. The minimum atomic E-state index is -0.307. The van der Waals surface area contributed by atoms with E-state index in [0.29, 0.717) is 17.1 Å². The highest BCUT2D eigenvalue weighted by Crippen LogP contribution is 2.27. The fraction of sp³-hybridized carbons (Fsp3) is 0.364. The Kier molecular flexibility index (Phi) is 6.89. The van der Waals surface area contributed by atoms with Crippen LogP contribution in [0.5, 0.6) is 11.5 Å². The highest BCUT2D eigenvalue weighted by molar-refractivity contribution is 5.95. The van der Waals surface area contributed by atoms with E-state index in [1.54, 1.807) is 31.5 Å². The summed E-state index contributed by atoms with van der Waals surface area (Å²) >= 11 is 0. The van der Waals surface area contributed by atoms with Crippen molar-refractivity contribution in [2.24, 2.45) is 5.10 Å². The molecule has 0 unspecified atom stereocenters. The summed E-state index contributed by atoms with van der Waals surface area (Å²) in [5.74, 6) is 0.772. The Morgan fingerprint density at radius 1 is 0.964 bits per heavy atom. The molecular formula is C22H27N3O3. The van der Waals surface area contributed by atoms with Crippen LogP contribution in [-0.2, 0) is 0 Å². The Labute approximate surface area is 166 Å². The molecule has 2 aromatic rings. The van der Waals surface area contributed by atoms with Crippen LogP contribution in [0, 0.1) is 0 Å². The number of hydrogen-bond donors (Lipinski definition) is 1. The quantitative estimate of drug-likeness (QED) is 0.610. The first-order chi connectivity index (χ1) is 13.7. The second-order valence-electron chi connectivity index (χ2n) is 6.76. The standard InChI is InChI=1S/C22H27N3O3/c1-27-20-12-9-18(15-21(20)28-2)22(26)24-23-16-17-7-10-19(11-8-17)25-13-5-3-4-6-14-25/h7-12,15-16H,3-6,13-14H2,1-2H3,(H,24,26)/b23-16-. The zero-order chi connectivity index (χ0) is 19.8. The van der Waals surface area contributed by atoms with E-state index in [9.17, 15) is 4.79 Å². The minimum absolute atomic E-state index is 0.307. The van der Waals surface area contributed by atoms with Gasteiger partial charge in [-0.05, 0) is 48.7 Å². The molecule has 1 aliphatic heterocycles. The lowest BCUT2D eigenvalue weighted by atomic mass is 10.2. The third-order valence-electron chi connectivity index (χ3n) is 4.89. The topological polar surface area (TPSA) is 63.2 Å². The van der Waals surface area contributed by atoms with E-state index in [0.717, 1.165) is 18.7 Å². The van der Waals surface area contributed by atoms with Gasteiger partial charge in [-0.15, -0.1) is 0 Å². The summed E-state index contributed by atoms with van der Waals surface area (Å²) in [6.45, 7) is 2.24. The predicted octanol–water partition coefficient (Wildman–Crippen LogP) is 3.85. The third kappa shape index (κ3) is 5.03. The van der Waals surface area contributed by atoms with Gasteiger partial charge in [-0.3, -0.25) is 4.79 Å². The maximum Gasteiger partial charge on any atom is 0.271 e. The molecule has 1 aliphatic rings. The average molecular weight is 381 g/mol. The number of anilines is 1. The number of nitrogens with zero attached hydrogens (tertiary/aromatic N) is 2. The highest BCUT2D eigenvalue weighted by Gasteiger charge is 2.11. The fourth-order valence-electron chi connectivity index (χ4n) is 3.31. The first-order valence-corrected chi connectivity index (χ1v) is 9.61. The van der Waals surface area contributed by atoms with Gasteiger partial charge in [-0.1, -0.05) is 25.0 Å². The van der Waals surface area contributed by atoms with E-state index in [-0.39, 0.29) is 5.91 Å². The molecule has 28 heavy (non-hydrogen) atoms. The molecule has 1 amide bonds. The maximum absolute atomic E-state index is 12.3. The molecule has 1 saturated heterocycles. The van der Waals surface area contributed by atoms with E-state index in [1.165, 1.54) is 38.5 Å². The van der Waals surface area contributed by atoms with Crippen molar-refractivity contribution in [3.63, 3.8) is 0 Å². The van der Waals surface area contributed by atoms with Crippen molar-refractivity contribution in [3.8, 4) is 11.5 Å². The summed E-state index contributed by atoms with van der Waals surface area (Å²) in [4.78, 5) is 14.7. The Balaban J connectivity index is 1.58. The van der Waals surface area contributed by atoms with Crippen LogP contribution >= 0.6 is 0 Å². The van der Waals surface area contributed by atoms with Crippen molar-refractivity contribution in [1.82, 2.24) is 5.43 Å². The van der Waals surface area contributed by atoms with Crippen molar-refractivity contribution < 1.29 is 14.3 Å². The molecule has 0 bridgehead atoms. The summed E-state index contributed by atoms with van der Waals surface area (Å²) in [6.07, 6.45) is 6.80. The number of benzene rings is 2. The minimum Gasteiger partial charge on any atom is -0.493 e. The molecular weight excluding hydrogens is 354 g/mol. The SMILES string of the molecule is COc1ccc(C(=O)N/N=C\c2ccc(N3CCCCCC3)cc2)cc1OC. The van der Waals surface area contributed by atoms with Gasteiger partial charge in [0.25, 0.3) is 5.91 Å². The van der Waals surface area contributed by atoms with Gasteiger partial charge >= 0.3 is 0 Å². The van der Waals surface area contributed by atoms with Gasteiger partial charge < -0.3 is 14.4 Å². The molecule has 148 valence electrons. The molecule has 0 aliphatic carbocycles. The van der Waals surface area contributed by atoms with Gasteiger partial charge in [0, 0.05) is 24.3 Å². The van der Waals surface area contributed by atoms with E-state index in [1.807, 2.05) is 12.1 Å². The Morgan fingerprint density at radius 2 is 1.64 bits per heavy atom. The molecule has 3 rings (SSSR count). The molecule has 0 aromatic heterocycles. The Hall–Kier alpha value is -3.02. The number of methoxy groups -OCH3 is 2. The summed E-state index contributed by atoms with van der Waals surface area (Å²) in [5.41, 5.74) is 5.18. The largest absolute Gasteiger partial charge is 0.493 e. The van der Waals surface area contributed by atoms with E-state index in [2.05, 4.69) is 27.6 Å². The first kappa shape index (κ1) is 19.7. The Morgan fingerprint density at radius 3 is 2.29 bits per heavy atom. The van der Waals surface area contributed by atoms with Crippen molar-refractivity contribution in [2.75, 3.05) is 32.2 Å². The van der Waals surface area contributed by atoms with Crippen LogP contribution in [-0.4, -0.2) is 39.4 Å². The van der Waals surface area contributed by atoms with Gasteiger partial charge in [-0.2, -0.15) is 5.10 Å². The lowest BCUT2D eigenvalue weighted by molar-refractivity contribution is 0.0954. The molecule has 0 atom stereocenters. The first-order valence-electron chi connectivity index (χ1n) is 9.61. The van der Waals surface area contributed by atoms with Gasteiger partial charge in [0.1, 0.15) is 0 Å². The van der Waals surface area contributed by atoms with E-state index < -0.39 is 0 Å². The van der Waals surface area contributed by atoms with Gasteiger partial charge in [-0.25, -0.2) is 5.43 Å². The number of carbonyl (C=O) groups excluding carboxylic acids is 1. The molecule has 1 N–H and O–H groups in total. The van der Waals surface area contributed by atoms with Gasteiger partial charge in [0.15, 0.2) is 11.5 Å². The van der Waals surface area contributed by atoms with Crippen LogP contribution in [0.2, 0.25) is 0 Å². The molecule has 6 nitrogen and oxygen atoms in total. The number of ether oxygens (including phenoxy) is 2. The number of nitrogens with one attached hydrogen (secondary N) is 1. The van der Waals surface area contributed by atoms with Crippen LogP contribution in [0.1, 0.15) is 41.6 Å². The monoisotopic (exact) mass is 381 g/mol. The van der Waals surface area contributed by atoms with E-state index in [4.69, 9.17) is 9.47 Å². The zero-order valence-electron chi connectivity index (χ0n) is 16.5. The van der Waals surface area contributed by atoms with Gasteiger partial charge in [0.2, 0.25) is 0 Å². The van der Waals surface area contributed by atoms with Crippen molar-refractivity contribution in [2.45, 2.75) is 25.7 Å². The molecule has 0 radical (unpaired) electrons. The Bertz CT molecular complexity index is 810. The maximum atomic E-state index is 12.3. The number of hydrogen-bond acceptors (Lipinski definition) is 5. The number of carbonyl (C=O) groups is 1. The van der Waals surface area contributed by atoms with Crippen molar-refractivity contribution in [1.29, 1.82) is 0 Å². The normalized spacial score (nSPS) is 14.6. The van der Waals surface area contributed by atoms with Crippen LogP contribution in [0.15, 0.2) is 47.6 Å². The van der Waals surface area contributed by atoms with E-state index >= 15 is 0 Å². The van der Waals surface area contributed by atoms with Crippen LogP contribution in [0.4, 0.5) is 5.69 Å². The van der Waals surface area contributed by atoms with Crippen LogP contribution in [0.3, 0.4) is 0 Å². The predicted molar refractivity (Wildman–Crippen MR) is 112 cm³/mol. The summed E-state index contributed by atoms with van der Waals surface area (Å²) in [6, 6.07) is 13.3. The third-order valence-corrected chi connectivity index (χ3v) is 4.89. The van der Waals surface area contributed by atoms with Gasteiger partial charge in [0.05, 0.1) is 20.4 Å². The summed E-state index contributed by atoms with van der Waals surface area (Å²) < 4.78 is 10.4. The molecule has 6 heteroatoms. The molecule has 0 saturated carbocycles. The van der Waals surface area contributed by atoms with Crippen LogP contribution < -0.4 is 19.8 Å². The smallest absolute Gasteiger partial charge is 0.271 e. The molecule has 1 heterocycles. The van der Waals surface area contributed by atoms with Crippen molar-refractivity contribution >= 4 is 17.8 Å².